The van der Waals surface area contributed by atoms with Gasteiger partial charge in [-0.05, 0) is 25.0 Å². The van der Waals surface area contributed by atoms with Crippen LogP contribution in [-0.4, -0.2) is 28.5 Å². The minimum atomic E-state index is -1.15. The molecule has 0 aliphatic carbocycles. The number of ketones is 1. The number of allylic oxidation sites excluding steroid dienone is 1. The zero-order valence-corrected chi connectivity index (χ0v) is 9.16. The quantitative estimate of drug-likeness (QED) is 0.352. The van der Waals surface area contributed by atoms with Crippen LogP contribution in [0, 0.1) is 0 Å². The first kappa shape index (κ1) is 11.6. The van der Waals surface area contributed by atoms with Gasteiger partial charge in [0.05, 0.1) is 5.88 Å². The number of rotatable bonds is 3. The number of halogens is 1. The maximum absolute atomic E-state index is 11.3. The van der Waals surface area contributed by atoms with Crippen molar-refractivity contribution in [3.05, 3.63) is 10.5 Å². The molecule has 14 heavy (non-hydrogen) atoms. The molecule has 0 radical (unpaired) electrons. The number of Topliss-reactive ketones (excluding diaryl/α,β-unsaturated/α-hetero) is 1. The number of alkyl halides is 1. The number of thioether (sulfide) groups is 1. The average Bonchev–Trinajstić information content (AvgIpc) is 2.19. The van der Waals surface area contributed by atoms with Crippen molar-refractivity contribution in [2.75, 3.05) is 11.6 Å². The van der Waals surface area contributed by atoms with Gasteiger partial charge in [0.2, 0.25) is 0 Å². The summed E-state index contributed by atoms with van der Waals surface area (Å²) < 4.78 is 0. The van der Waals surface area contributed by atoms with E-state index in [4.69, 9.17) is 16.7 Å². The van der Waals surface area contributed by atoms with Crippen molar-refractivity contribution in [2.45, 2.75) is 19.3 Å². The first-order chi connectivity index (χ1) is 6.66. The number of hydrogen-bond acceptors (Lipinski definition) is 3. The van der Waals surface area contributed by atoms with E-state index in [-0.39, 0.29) is 11.5 Å². The summed E-state index contributed by atoms with van der Waals surface area (Å²) in [5, 5.41) is 8.88. The highest BCUT2D eigenvalue weighted by atomic mass is 35.5. The molecule has 1 fully saturated rings. The zero-order valence-electron chi connectivity index (χ0n) is 7.59. The fraction of sp³-hybridized carbons (Fsp3) is 0.556. The third kappa shape index (κ3) is 2.75. The molecule has 0 amide bonds. The summed E-state index contributed by atoms with van der Waals surface area (Å²) in [6.45, 7) is 0. The lowest BCUT2D eigenvalue weighted by Gasteiger charge is -2.15. The van der Waals surface area contributed by atoms with Gasteiger partial charge in [0.25, 0.3) is 0 Å². The Morgan fingerprint density at radius 1 is 1.43 bits per heavy atom. The number of carbonyl (C=O) groups is 2. The van der Waals surface area contributed by atoms with Crippen LogP contribution in [0.2, 0.25) is 0 Å². The van der Waals surface area contributed by atoms with Crippen LogP contribution in [-0.2, 0) is 9.59 Å². The molecule has 0 bridgehead atoms. The van der Waals surface area contributed by atoms with Gasteiger partial charge in [-0.2, -0.15) is 0 Å². The van der Waals surface area contributed by atoms with Gasteiger partial charge in [0.15, 0.2) is 5.78 Å². The van der Waals surface area contributed by atoms with E-state index < -0.39 is 11.8 Å². The smallest absolute Gasteiger partial charge is 0.340 e. The van der Waals surface area contributed by atoms with E-state index in [2.05, 4.69) is 0 Å². The van der Waals surface area contributed by atoms with Crippen molar-refractivity contribution in [2.24, 2.45) is 0 Å². The van der Waals surface area contributed by atoms with Crippen molar-refractivity contribution >= 4 is 35.1 Å². The molecule has 0 atom stereocenters. The lowest BCUT2D eigenvalue weighted by Crippen LogP contribution is -2.16. The zero-order chi connectivity index (χ0) is 10.6. The lowest BCUT2D eigenvalue weighted by atomic mass is 10.1. The van der Waals surface area contributed by atoms with E-state index in [0.29, 0.717) is 11.3 Å². The summed E-state index contributed by atoms with van der Waals surface area (Å²) in [7, 11) is 0. The summed E-state index contributed by atoms with van der Waals surface area (Å²) in [5.41, 5.74) is -0.107. The number of aliphatic carboxylic acids is 1. The van der Waals surface area contributed by atoms with Crippen LogP contribution in [0.3, 0.4) is 0 Å². The molecule has 0 unspecified atom stereocenters. The van der Waals surface area contributed by atoms with Gasteiger partial charge >= 0.3 is 5.97 Å². The van der Waals surface area contributed by atoms with E-state index in [1.807, 2.05) is 0 Å². The Morgan fingerprint density at radius 2 is 2.14 bits per heavy atom. The number of carboxylic acids is 1. The van der Waals surface area contributed by atoms with Gasteiger partial charge in [-0.25, -0.2) is 4.79 Å². The molecule has 1 aliphatic heterocycles. The molecule has 5 heteroatoms. The minimum absolute atomic E-state index is 0.107. The molecule has 1 N–H and O–H groups in total. The molecule has 3 nitrogen and oxygen atoms in total. The second-order valence-electron chi connectivity index (χ2n) is 2.97. The molecule has 1 aliphatic rings. The Hall–Kier alpha value is -0.480. The molecular formula is C9H11ClO3S. The van der Waals surface area contributed by atoms with E-state index in [1.165, 1.54) is 11.8 Å². The van der Waals surface area contributed by atoms with Crippen LogP contribution in [0.4, 0.5) is 0 Å². The molecule has 1 saturated heterocycles. The maximum atomic E-state index is 11.3. The van der Waals surface area contributed by atoms with Gasteiger partial charge in [0.1, 0.15) is 5.57 Å². The minimum Gasteiger partial charge on any atom is -0.478 e. The Balaban J connectivity index is 2.94. The third-order valence-corrected chi connectivity index (χ3v) is 3.46. The fourth-order valence-electron chi connectivity index (χ4n) is 1.31. The standard InChI is InChI=1S/C9H11ClO3S/c10-5-6(11)8(9(12)13)7-3-1-2-4-14-7/h1-5H2,(H,12,13). The van der Waals surface area contributed by atoms with Crippen LogP contribution in [0.25, 0.3) is 0 Å². The van der Waals surface area contributed by atoms with Gasteiger partial charge in [-0.15, -0.1) is 23.4 Å². The summed E-state index contributed by atoms with van der Waals surface area (Å²) in [6, 6.07) is 0. The Morgan fingerprint density at radius 3 is 2.57 bits per heavy atom. The first-order valence-corrected chi connectivity index (χ1v) is 5.87. The predicted octanol–water partition coefficient (Wildman–Crippen LogP) is 2.05. The third-order valence-electron chi connectivity index (χ3n) is 1.97. The summed E-state index contributed by atoms with van der Waals surface area (Å²) in [4.78, 5) is 22.8. The van der Waals surface area contributed by atoms with Crippen molar-refractivity contribution in [3.63, 3.8) is 0 Å². The highest BCUT2D eigenvalue weighted by Crippen LogP contribution is 2.32. The second-order valence-corrected chi connectivity index (χ2v) is 4.42. The SMILES string of the molecule is O=C(O)C(C(=O)CCl)=C1CCCCS1. The van der Waals surface area contributed by atoms with Crippen LogP contribution >= 0.6 is 23.4 Å². The fourth-order valence-corrected chi connectivity index (χ4v) is 2.68. The van der Waals surface area contributed by atoms with E-state index in [0.717, 1.165) is 18.6 Å². The van der Waals surface area contributed by atoms with E-state index >= 15 is 0 Å². The van der Waals surface area contributed by atoms with Crippen molar-refractivity contribution in [1.82, 2.24) is 0 Å². The molecule has 0 aromatic heterocycles. The Labute approximate surface area is 91.5 Å². The molecule has 0 spiro atoms. The summed E-state index contributed by atoms with van der Waals surface area (Å²) in [5.74, 6) is -1.00. The summed E-state index contributed by atoms with van der Waals surface area (Å²) in [6.07, 6.45) is 2.72. The molecule has 0 saturated carbocycles. The van der Waals surface area contributed by atoms with Gasteiger partial charge in [-0.1, -0.05) is 0 Å². The molecule has 0 aromatic rings. The average molecular weight is 235 g/mol. The molecule has 1 heterocycles. The maximum Gasteiger partial charge on any atom is 0.340 e. The largest absolute Gasteiger partial charge is 0.478 e. The van der Waals surface area contributed by atoms with Crippen molar-refractivity contribution in [3.8, 4) is 0 Å². The Bertz CT molecular complexity index is 278. The Kier molecular flexibility index (Phi) is 4.48. The monoisotopic (exact) mass is 234 g/mol. The van der Waals surface area contributed by atoms with Gasteiger partial charge in [0, 0.05) is 4.91 Å². The highest BCUT2D eigenvalue weighted by Gasteiger charge is 2.23. The van der Waals surface area contributed by atoms with Crippen molar-refractivity contribution in [1.29, 1.82) is 0 Å². The van der Waals surface area contributed by atoms with Crippen LogP contribution in [0.1, 0.15) is 19.3 Å². The first-order valence-electron chi connectivity index (χ1n) is 4.35. The normalized spacial score (nSPS) is 20.4. The number of hydrogen-bond donors (Lipinski definition) is 1. The molecular weight excluding hydrogens is 224 g/mol. The number of carboxylic acid groups (broad SMARTS) is 1. The number of carbonyl (C=O) groups excluding carboxylic acids is 1. The topological polar surface area (TPSA) is 54.4 Å². The predicted molar refractivity (Wildman–Crippen MR) is 56.7 cm³/mol. The second kappa shape index (κ2) is 5.41. The van der Waals surface area contributed by atoms with E-state index in [9.17, 15) is 9.59 Å². The van der Waals surface area contributed by atoms with Crippen LogP contribution in [0.15, 0.2) is 10.5 Å². The highest BCUT2D eigenvalue weighted by molar-refractivity contribution is 8.03. The van der Waals surface area contributed by atoms with Crippen LogP contribution < -0.4 is 0 Å². The van der Waals surface area contributed by atoms with Crippen molar-refractivity contribution < 1.29 is 14.7 Å². The van der Waals surface area contributed by atoms with Gasteiger partial charge in [-0.3, -0.25) is 4.79 Å². The van der Waals surface area contributed by atoms with E-state index in [1.54, 1.807) is 0 Å². The lowest BCUT2D eigenvalue weighted by molar-refractivity contribution is -0.134. The summed E-state index contributed by atoms with van der Waals surface area (Å²) >= 11 is 6.82. The van der Waals surface area contributed by atoms with Crippen LogP contribution in [0.5, 0.6) is 0 Å². The molecule has 1 rings (SSSR count). The molecule has 0 aromatic carbocycles. The molecule has 78 valence electrons. The van der Waals surface area contributed by atoms with Gasteiger partial charge < -0.3 is 5.11 Å².